The van der Waals surface area contributed by atoms with Gasteiger partial charge >= 0.3 is 0 Å². The summed E-state index contributed by atoms with van der Waals surface area (Å²) in [4.78, 5) is 15.3. The van der Waals surface area contributed by atoms with Crippen LogP contribution in [0.4, 0.5) is 5.69 Å². The maximum Gasteiger partial charge on any atom is 0.243 e. The van der Waals surface area contributed by atoms with Crippen molar-refractivity contribution in [2.75, 3.05) is 37.6 Å². The first-order valence-corrected chi connectivity index (χ1v) is 12.1. The van der Waals surface area contributed by atoms with E-state index < -0.39 is 10.0 Å². The summed E-state index contributed by atoms with van der Waals surface area (Å²) in [5.41, 5.74) is 1.23. The summed E-state index contributed by atoms with van der Waals surface area (Å²) in [5, 5.41) is 3.12. The highest BCUT2D eigenvalue weighted by molar-refractivity contribution is 7.89. The highest BCUT2D eigenvalue weighted by atomic mass is 32.2. The lowest BCUT2D eigenvalue weighted by Crippen LogP contribution is -2.43. The molecule has 0 radical (unpaired) electrons. The van der Waals surface area contributed by atoms with Crippen LogP contribution in [0.15, 0.2) is 65.6 Å². The number of carbonyl (C=O) groups excluding carboxylic acids is 1. The second-order valence-corrected chi connectivity index (χ2v) is 10.1. The highest BCUT2D eigenvalue weighted by Gasteiger charge is 2.32. The molecule has 2 aromatic carbocycles. The van der Waals surface area contributed by atoms with E-state index in [4.69, 9.17) is 0 Å². The summed E-state index contributed by atoms with van der Waals surface area (Å²) < 4.78 is 27.0. The van der Waals surface area contributed by atoms with Crippen LogP contribution < -0.4 is 10.2 Å². The first-order valence-electron chi connectivity index (χ1n) is 10.7. The summed E-state index contributed by atoms with van der Waals surface area (Å²) in [6.07, 6.45) is 2.21. The number of para-hydroxylation sites is 1. The monoisotopic (exact) mass is 427 g/mol. The maximum atomic E-state index is 12.7. The lowest BCUT2D eigenvalue weighted by molar-refractivity contribution is -0.126. The Balaban J connectivity index is 1.23. The van der Waals surface area contributed by atoms with Gasteiger partial charge in [-0.25, -0.2) is 8.42 Å². The predicted molar refractivity (Wildman–Crippen MR) is 118 cm³/mol. The number of rotatable bonds is 6. The molecule has 7 heteroatoms. The molecule has 2 aromatic rings. The zero-order valence-electron chi connectivity index (χ0n) is 17.1. The van der Waals surface area contributed by atoms with Gasteiger partial charge in [-0.15, -0.1) is 0 Å². The molecule has 160 valence electrons. The van der Waals surface area contributed by atoms with Crippen LogP contribution in [0, 0.1) is 11.8 Å². The molecule has 2 fully saturated rings. The molecule has 1 N–H and O–H groups in total. The van der Waals surface area contributed by atoms with Gasteiger partial charge < -0.3 is 10.2 Å². The summed E-state index contributed by atoms with van der Waals surface area (Å²) in [7, 11) is -3.47. The van der Waals surface area contributed by atoms with Gasteiger partial charge in [0.25, 0.3) is 0 Å². The van der Waals surface area contributed by atoms with Crippen LogP contribution in [0.25, 0.3) is 0 Å². The van der Waals surface area contributed by atoms with Gasteiger partial charge in [0.2, 0.25) is 15.9 Å². The number of piperidine rings is 1. The fourth-order valence-electron chi connectivity index (χ4n) is 4.36. The number of nitrogens with one attached hydrogen (secondary N) is 1. The number of anilines is 1. The molecule has 30 heavy (non-hydrogen) atoms. The van der Waals surface area contributed by atoms with Crippen molar-refractivity contribution >= 4 is 21.6 Å². The van der Waals surface area contributed by atoms with E-state index in [1.807, 2.05) is 6.07 Å². The Morgan fingerprint density at radius 2 is 1.53 bits per heavy atom. The van der Waals surface area contributed by atoms with Gasteiger partial charge in [-0.05, 0) is 49.4 Å². The van der Waals surface area contributed by atoms with E-state index >= 15 is 0 Å². The molecule has 2 saturated heterocycles. The zero-order chi connectivity index (χ0) is 21.0. The molecule has 0 aromatic heterocycles. The van der Waals surface area contributed by atoms with Crippen LogP contribution in [0.5, 0.6) is 0 Å². The van der Waals surface area contributed by atoms with Crippen molar-refractivity contribution in [3.05, 3.63) is 60.7 Å². The molecule has 0 aliphatic carbocycles. The Morgan fingerprint density at radius 3 is 2.20 bits per heavy atom. The number of hydrogen-bond donors (Lipinski definition) is 1. The van der Waals surface area contributed by atoms with Crippen LogP contribution >= 0.6 is 0 Å². The van der Waals surface area contributed by atoms with Gasteiger partial charge in [0, 0.05) is 44.3 Å². The molecule has 6 nitrogen and oxygen atoms in total. The quantitative estimate of drug-likeness (QED) is 0.770. The average molecular weight is 428 g/mol. The lowest BCUT2D eigenvalue weighted by Gasteiger charge is -2.30. The summed E-state index contributed by atoms with van der Waals surface area (Å²) in [5.74, 6) is 0.400. The summed E-state index contributed by atoms with van der Waals surface area (Å²) in [6.45, 7) is 3.43. The first kappa shape index (κ1) is 20.9. The Bertz CT molecular complexity index is 942. The van der Waals surface area contributed by atoms with Crippen molar-refractivity contribution in [2.45, 2.75) is 24.2 Å². The molecule has 0 bridgehead atoms. The first-order chi connectivity index (χ1) is 14.5. The molecular formula is C23H29N3O3S. The molecule has 1 atom stereocenters. The van der Waals surface area contributed by atoms with Crippen molar-refractivity contribution in [1.82, 2.24) is 9.62 Å². The van der Waals surface area contributed by atoms with E-state index in [-0.39, 0.29) is 11.8 Å². The van der Waals surface area contributed by atoms with Crippen molar-refractivity contribution in [3.8, 4) is 0 Å². The van der Waals surface area contributed by atoms with E-state index in [0.29, 0.717) is 43.3 Å². The predicted octanol–water partition coefficient (Wildman–Crippen LogP) is 2.73. The summed E-state index contributed by atoms with van der Waals surface area (Å²) in [6, 6.07) is 18.9. The topological polar surface area (TPSA) is 69.7 Å². The minimum absolute atomic E-state index is 0.0601. The standard InChI is InChI=1S/C23H29N3O3S/c27-23(24-17-19-11-14-25(18-19)21-7-3-1-4-8-21)20-12-15-26(16-13-20)30(28,29)22-9-5-2-6-10-22/h1-10,19-20H,11-18H2,(H,24,27). The fourth-order valence-corrected chi connectivity index (χ4v) is 5.85. The molecular weight excluding hydrogens is 398 g/mol. The minimum atomic E-state index is -3.47. The lowest BCUT2D eigenvalue weighted by atomic mass is 9.97. The van der Waals surface area contributed by atoms with Crippen molar-refractivity contribution in [1.29, 1.82) is 0 Å². The molecule has 0 saturated carbocycles. The van der Waals surface area contributed by atoms with Gasteiger partial charge in [0.15, 0.2) is 0 Å². The van der Waals surface area contributed by atoms with E-state index in [9.17, 15) is 13.2 Å². The number of carbonyl (C=O) groups is 1. The second-order valence-electron chi connectivity index (χ2n) is 8.17. The number of hydrogen-bond acceptors (Lipinski definition) is 4. The summed E-state index contributed by atoms with van der Waals surface area (Å²) >= 11 is 0. The van der Waals surface area contributed by atoms with Crippen LogP contribution in [0.1, 0.15) is 19.3 Å². The molecule has 2 aliphatic heterocycles. The van der Waals surface area contributed by atoms with E-state index in [1.54, 1.807) is 30.3 Å². The zero-order valence-corrected chi connectivity index (χ0v) is 17.9. The Labute approximate surface area is 178 Å². The second kappa shape index (κ2) is 9.18. The fraction of sp³-hybridized carbons (Fsp3) is 0.435. The number of amides is 1. The van der Waals surface area contributed by atoms with Crippen LogP contribution in [-0.2, 0) is 14.8 Å². The van der Waals surface area contributed by atoms with Crippen LogP contribution in [0.3, 0.4) is 0 Å². The molecule has 2 aliphatic rings. The molecule has 0 spiro atoms. The van der Waals surface area contributed by atoms with Crippen LogP contribution in [0.2, 0.25) is 0 Å². The van der Waals surface area contributed by atoms with E-state index in [0.717, 1.165) is 19.5 Å². The largest absolute Gasteiger partial charge is 0.371 e. The van der Waals surface area contributed by atoms with Crippen molar-refractivity contribution < 1.29 is 13.2 Å². The average Bonchev–Trinajstić information content (AvgIpc) is 3.28. The molecule has 4 rings (SSSR count). The van der Waals surface area contributed by atoms with E-state index in [1.165, 1.54) is 9.99 Å². The van der Waals surface area contributed by atoms with Crippen molar-refractivity contribution in [2.24, 2.45) is 11.8 Å². The van der Waals surface area contributed by atoms with Gasteiger partial charge in [0.1, 0.15) is 0 Å². The smallest absolute Gasteiger partial charge is 0.243 e. The molecule has 1 amide bonds. The molecule has 2 heterocycles. The Hall–Kier alpha value is -2.38. The van der Waals surface area contributed by atoms with Gasteiger partial charge in [-0.2, -0.15) is 4.31 Å². The van der Waals surface area contributed by atoms with Gasteiger partial charge in [-0.3, -0.25) is 4.79 Å². The van der Waals surface area contributed by atoms with Gasteiger partial charge in [0.05, 0.1) is 4.90 Å². The van der Waals surface area contributed by atoms with E-state index in [2.05, 4.69) is 34.5 Å². The Kier molecular flexibility index (Phi) is 6.39. The molecule has 1 unspecified atom stereocenters. The number of nitrogens with zero attached hydrogens (tertiary/aromatic N) is 2. The van der Waals surface area contributed by atoms with Gasteiger partial charge in [-0.1, -0.05) is 36.4 Å². The Morgan fingerprint density at radius 1 is 0.900 bits per heavy atom. The SMILES string of the molecule is O=C(NCC1CCN(c2ccccc2)C1)C1CCN(S(=O)(=O)c2ccccc2)CC1. The number of benzene rings is 2. The van der Waals surface area contributed by atoms with Crippen molar-refractivity contribution in [3.63, 3.8) is 0 Å². The highest BCUT2D eigenvalue weighted by Crippen LogP contribution is 2.25. The third kappa shape index (κ3) is 4.68. The number of sulfonamides is 1. The van der Waals surface area contributed by atoms with Crippen LogP contribution in [-0.4, -0.2) is 51.4 Å². The third-order valence-electron chi connectivity index (χ3n) is 6.18. The minimum Gasteiger partial charge on any atom is -0.371 e. The normalized spacial score (nSPS) is 20.9. The third-order valence-corrected chi connectivity index (χ3v) is 8.09. The maximum absolute atomic E-state index is 12.7.